The van der Waals surface area contributed by atoms with Crippen molar-refractivity contribution >= 4 is 38.9 Å². The Balaban J connectivity index is 2.01. The molecule has 0 atom stereocenters. The monoisotopic (exact) mass is 445 g/mol. The number of benzene rings is 4. The van der Waals surface area contributed by atoms with E-state index >= 15 is 0 Å². The smallest absolute Gasteiger partial charge is 0.0647 e. The molecule has 0 aliphatic heterocycles. The van der Waals surface area contributed by atoms with Crippen LogP contribution in [0, 0.1) is 0 Å². The molecule has 0 bridgehead atoms. The summed E-state index contributed by atoms with van der Waals surface area (Å²) in [5.74, 6) is 0. The quantitative estimate of drug-likeness (QED) is 0.327. The van der Waals surface area contributed by atoms with Gasteiger partial charge >= 0.3 is 0 Å². The number of hydrogen-bond acceptors (Lipinski definition) is 1. The summed E-state index contributed by atoms with van der Waals surface area (Å²) in [4.78, 5) is 0. The van der Waals surface area contributed by atoms with Crippen molar-refractivity contribution in [1.29, 1.82) is 0 Å². The van der Waals surface area contributed by atoms with Crippen molar-refractivity contribution in [3.8, 4) is 0 Å². The van der Waals surface area contributed by atoms with Crippen molar-refractivity contribution in [2.24, 2.45) is 4.74 Å². The molecule has 0 saturated heterocycles. The van der Waals surface area contributed by atoms with Crippen LogP contribution >= 0.6 is 23.0 Å². The van der Waals surface area contributed by atoms with Crippen molar-refractivity contribution in [3.63, 3.8) is 0 Å². The third-order valence-electron chi connectivity index (χ3n) is 4.80. The van der Waals surface area contributed by atoms with Gasteiger partial charge < -0.3 is 0 Å². The molecule has 0 heterocycles. The summed E-state index contributed by atoms with van der Waals surface area (Å²) >= 11 is 3.69. The Bertz CT molecular complexity index is 990. The predicted molar refractivity (Wildman–Crippen MR) is 125 cm³/mol. The molecule has 0 aliphatic carbocycles. The van der Waals surface area contributed by atoms with E-state index in [0.29, 0.717) is 6.54 Å². The van der Waals surface area contributed by atoms with E-state index in [-0.39, 0.29) is 0 Å². The van der Waals surface area contributed by atoms with Crippen molar-refractivity contribution in [3.05, 3.63) is 125 Å². The third kappa shape index (κ3) is 3.76. The van der Waals surface area contributed by atoms with Gasteiger partial charge in [-0.1, -0.05) is 125 Å². The molecule has 0 radical (unpaired) electrons. The first-order valence-electron chi connectivity index (χ1n) is 9.29. The molecular formula is C25H21BrNP. The van der Waals surface area contributed by atoms with Gasteiger partial charge in [-0.15, -0.1) is 0 Å². The van der Waals surface area contributed by atoms with Gasteiger partial charge in [0, 0.05) is 20.4 Å². The highest BCUT2D eigenvalue weighted by atomic mass is 79.9. The first-order chi connectivity index (χ1) is 13.8. The lowest BCUT2D eigenvalue weighted by atomic mass is 10.2. The molecule has 28 heavy (non-hydrogen) atoms. The fraction of sp³-hybridized carbons (Fsp3) is 0.0400. The van der Waals surface area contributed by atoms with Gasteiger partial charge in [-0.2, -0.15) is 0 Å². The van der Waals surface area contributed by atoms with Crippen LogP contribution in [0.2, 0.25) is 0 Å². The molecule has 4 rings (SSSR count). The van der Waals surface area contributed by atoms with Crippen LogP contribution in [0.25, 0.3) is 0 Å². The van der Waals surface area contributed by atoms with Gasteiger partial charge in [-0.05, 0) is 11.6 Å². The summed E-state index contributed by atoms with van der Waals surface area (Å²) < 4.78 is 6.58. The summed E-state index contributed by atoms with van der Waals surface area (Å²) in [6, 6.07) is 40.6. The van der Waals surface area contributed by atoms with Crippen LogP contribution in [0.3, 0.4) is 0 Å². The molecule has 3 heteroatoms. The normalized spacial score (nSPS) is 11.2. The van der Waals surface area contributed by atoms with Crippen LogP contribution in [-0.2, 0) is 6.54 Å². The van der Waals surface area contributed by atoms with Crippen LogP contribution in [-0.4, -0.2) is 0 Å². The van der Waals surface area contributed by atoms with Crippen LogP contribution in [0.1, 0.15) is 5.56 Å². The minimum absolute atomic E-state index is 0.661. The lowest BCUT2D eigenvalue weighted by molar-refractivity contribution is 1.08. The highest BCUT2D eigenvalue weighted by Gasteiger charge is 2.26. The number of hydrogen-bond donors (Lipinski definition) is 0. The molecule has 0 aliphatic rings. The zero-order valence-electron chi connectivity index (χ0n) is 15.4. The number of rotatable bonds is 5. The summed E-state index contributed by atoms with van der Waals surface area (Å²) in [5, 5.41) is 3.83. The van der Waals surface area contributed by atoms with E-state index in [2.05, 4.69) is 125 Å². The Morgan fingerprint density at radius 2 is 0.929 bits per heavy atom. The average molecular weight is 446 g/mol. The highest BCUT2D eigenvalue weighted by Crippen LogP contribution is 2.47. The van der Waals surface area contributed by atoms with Gasteiger partial charge in [0.05, 0.1) is 13.6 Å². The van der Waals surface area contributed by atoms with Gasteiger partial charge in [0.1, 0.15) is 0 Å². The first kappa shape index (κ1) is 18.9. The zero-order chi connectivity index (χ0) is 19.2. The topological polar surface area (TPSA) is 12.4 Å². The molecule has 138 valence electrons. The molecule has 0 N–H and O–H groups in total. The minimum Gasteiger partial charge on any atom is -0.285 e. The van der Waals surface area contributed by atoms with Gasteiger partial charge in [0.15, 0.2) is 0 Å². The molecule has 4 aromatic carbocycles. The van der Waals surface area contributed by atoms with Gasteiger partial charge in [-0.25, -0.2) is 0 Å². The maximum Gasteiger partial charge on any atom is 0.0647 e. The highest BCUT2D eigenvalue weighted by molar-refractivity contribution is 9.10. The fourth-order valence-electron chi connectivity index (χ4n) is 3.43. The Morgan fingerprint density at radius 1 is 0.536 bits per heavy atom. The maximum absolute atomic E-state index is 5.48. The molecule has 0 spiro atoms. The summed E-state index contributed by atoms with van der Waals surface area (Å²) in [5.41, 5.74) is 1.20. The lowest BCUT2D eigenvalue weighted by Crippen LogP contribution is -2.25. The maximum atomic E-state index is 5.48. The molecule has 1 nitrogen and oxygen atoms in total. The third-order valence-corrected chi connectivity index (χ3v) is 9.28. The van der Waals surface area contributed by atoms with Crippen LogP contribution in [0.5, 0.6) is 0 Å². The van der Waals surface area contributed by atoms with E-state index in [1.807, 2.05) is 6.07 Å². The summed E-state index contributed by atoms with van der Waals surface area (Å²) in [7, 11) is -2.13. The largest absolute Gasteiger partial charge is 0.285 e. The number of nitrogens with zero attached hydrogens (tertiary/aromatic N) is 1. The average Bonchev–Trinajstić information content (AvgIpc) is 2.78. The van der Waals surface area contributed by atoms with E-state index in [4.69, 9.17) is 4.74 Å². The Morgan fingerprint density at radius 3 is 1.36 bits per heavy atom. The SMILES string of the molecule is Brc1ccccc1CN=P(c1ccccc1)(c1ccccc1)c1ccccc1. The van der Waals surface area contributed by atoms with Crippen molar-refractivity contribution in [2.75, 3.05) is 0 Å². The van der Waals surface area contributed by atoms with E-state index < -0.39 is 7.05 Å². The van der Waals surface area contributed by atoms with E-state index in [1.165, 1.54) is 21.5 Å². The second kappa shape index (κ2) is 8.73. The van der Waals surface area contributed by atoms with Crippen molar-refractivity contribution in [1.82, 2.24) is 0 Å². The van der Waals surface area contributed by atoms with Crippen LogP contribution < -0.4 is 15.9 Å². The summed E-state index contributed by atoms with van der Waals surface area (Å²) in [6.07, 6.45) is 0. The Kier molecular flexibility index (Phi) is 5.90. The van der Waals surface area contributed by atoms with Gasteiger partial charge in [-0.3, -0.25) is 4.74 Å². The summed E-state index contributed by atoms with van der Waals surface area (Å²) in [6.45, 7) is 0.661. The van der Waals surface area contributed by atoms with Gasteiger partial charge in [0.2, 0.25) is 0 Å². The van der Waals surface area contributed by atoms with E-state index in [1.54, 1.807) is 0 Å². The molecule has 4 aromatic rings. The minimum atomic E-state index is -2.13. The predicted octanol–water partition coefficient (Wildman–Crippen LogP) is 6.13. The zero-order valence-corrected chi connectivity index (χ0v) is 17.9. The van der Waals surface area contributed by atoms with E-state index in [9.17, 15) is 0 Å². The molecule has 0 fully saturated rings. The molecule has 0 saturated carbocycles. The standard InChI is InChI=1S/C25H21BrNP/c26-25-19-11-10-12-21(25)20-27-28(22-13-4-1-5-14-22,23-15-6-2-7-16-23)24-17-8-3-9-18-24/h1-19H,20H2. The number of halogens is 1. The van der Waals surface area contributed by atoms with Crippen LogP contribution in [0.4, 0.5) is 0 Å². The van der Waals surface area contributed by atoms with Crippen molar-refractivity contribution in [2.45, 2.75) is 6.54 Å². The molecule has 0 aromatic heterocycles. The van der Waals surface area contributed by atoms with E-state index in [0.717, 1.165) is 4.47 Å². The molecular weight excluding hydrogens is 425 g/mol. The van der Waals surface area contributed by atoms with Gasteiger partial charge in [0.25, 0.3) is 0 Å². The first-order valence-corrected chi connectivity index (χ1v) is 11.8. The fourth-order valence-corrected chi connectivity index (χ4v) is 7.40. The molecule has 0 amide bonds. The van der Waals surface area contributed by atoms with Crippen LogP contribution in [0.15, 0.2) is 124 Å². The second-order valence-electron chi connectivity index (χ2n) is 6.53. The van der Waals surface area contributed by atoms with Crippen molar-refractivity contribution < 1.29 is 0 Å². The molecule has 0 unspecified atom stereocenters. The second-order valence-corrected chi connectivity index (χ2v) is 10.5. The lowest BCUT2D eigenvalue weighted by Gasteiger charge is -2.27. The Hall–Kier alpha value is -2.41. The Labute approximate surface area is 175 Å².